The fourth-order valence-corrected chi connectivity index (χ4v) is 4.94. The van der Waals surface area contributed by atoms with Gasteiger partial charge in [0.2, 0.25) is 0 Å². The molecule has 6 nitrogen and oxygen atoms in total. The highest BCUT2D eigenvalue weighted by molar-refractivity contribution is 5.81. The Morgan fingerprint density at radius 2 is 1.31 bits per heavy atom. The Bertz CT molecular complexity index is 819. The average Bonchev–Trinajstić information content (AvgIpc) is 2.91. The van der Waals surface area contributed by atoms with Crippen molar-refractivity contribution in [2.24, 2.45) is 17.8 Å². The van der Waals surface area contributed by atoms with Crippen molar-refractivity contribution in [2.75, 3.05) is 13.2 Å². The van der Waals surface area contributed by atoms with Gasteiger partial charge in [-0.1, -0.05) is 30.3 Å². The predicted octanol–water partition coefficient (Wildman–Crippen LogP) is 4.42. The van der Waals surface area contributed by atoms with Crippen LogP contribution in [0.4, 0.5) is 0 Å². The van der Waals surface area contributed by atoms with Crippen LogP contribution in [0.1, 0.15) is 83.5 Å². The highest BCUT2D eigenvalue weighted by atomic mass is 16.5. The summed E-state index contributed by atoms with van der Waals surface area (Å²) >= 11 is 0. The van der Waals surface area contributed by atoms with E-state index in [2.05, 4.69) is 47.2 Å². The zero-order valence-electron chi connectivity index (χ0n) is 21.0. The molecule has 1 saturated heterocycles. The Balaban J connectivity index is 1.23. The molecule has 35 heavy (non-hydrogen) atoms. The predicted molar refractivity (Wildman–Crippen MR) is 136 cm³/mol. The van der Waals surface area contributed by atoms with Crippen molar-refractivity contribution in [1.82, 2.24) is 10.9 Å². The van der Waals surface area contributed by atoms with Crippen LogP contribution in [-0.2, 0) is 14.3 Å². The van der Waals surface area contributed by atoms with Gasteiger partial charge in [0.05, 0.1) is 30.9 Å². The third kappa shape index (κ3) is 10.5. The number of carbonyl (C=O) groups is 1. The van der Waals surface area contributed by atoms with Crippen LogP contribution in [0.25, 0.3) is 0 Å². The quantitative estimate of drug-likeness (QED) is 0.232. The molecule has 0 spiro atoms. The number of unbranched alkanes of at least 4 members (excludes halogenated alkanes) is 2. The van der Waals surface area contributed by atoms with Gasteiger partial charge in [-0.3, -0.25) is 0 Å². The van der Waals surface area contributed by atoms with Crippen molar-refractivity contribution in [3.05, 3.63) is 12.7 Å². The summed E-state index contributed by atoms with van der Waals surface area (Å²) in [4.78, 5) is 11.0. The van der Waals surface area contributed by atoms with Crippen LogP contribution in [-0.4, -0.2) is 37.4 Å². The molecule has 0 aromatic carbocycles. The zero-order chi connectivity index (χ0) is 24.7. The minimum absolute atomic E-state index is 0.191. The van der Waals surface area contributed by atoms with E-state index in [-0.39, 0.29) is 24.0 Å². The van der Waals surface area contributed by atoms with Gasteiger partial charge in [0.1, 0.15) is 0 Å². The van der Waals surface area contributed by atoms with Crippen LogP contribution in [0.3, 0.4) is 0 Å². The lowest BCUT2D eigenvalue weighted by Crippen LogP contribution is -2.50. The van der Waals surface area contributed by atoms with Crippen molar-refractivity contribution in [1.29, 1.82) is 5.26 Å². The molecule has 0 aromatic rings. The second-order valence-electron chi connectivity index (χ2n) is 10.0. The minimum Gasteiger partial charge on any atom is -0.463 e. The van der Waals surface area contributed by atoms with Crippen LogP contribution < -0.4 is 10.9 Å². The van der Waals surface area contributed by atoms with Gasteiger partial charge >= 0.3 is 5.97 Å². The Kier molecular flexibility index (Phi) is 12.2. The van der Waals surface area contributed by atoms with E-state index in [1.807, 2.05) is 0 Å². The number of nitrogens with zero attached hydrogens (tertiary/aromatic N) is 1. The molecule has 2 atom stereocenters. The van der Waals surface area contributed by atoms with Crippen LogP contribution in [0, 0.1) is 52.8 Å². The molecule has 1 heterocycles. The van der Waals surface area contributed by atoms with E-state index in [0.717, 1.165) is 90.1 Å². The summed E-state index contributed by atoms with van der Waals surface area (Å²) in [6, 6.07) is 2.77. The van der Waals surface area contributed by atoms with Crippen LogP contribution in [0.5, 0.6) is 0 Å². The van der Waals surface area contributed by atoms with Crippen LogP contribution in [0.2, 0.25) is 0 Å². The summed E-state index contributed by atoms with van der Waals surface area (Å²) in [5.41, 5.74) is 6.70. The molecule has 0 bridgehead atoms. The molecule has 2 N–H and O–H groups in total. The molecular weight excluding hydrogens is 438 g/mol. The highest BCUT2D eigenvalue weighted by Gasteiger charge is 2.22. The highest BCUT2D eigenvalue weighted by Crippen LogP contribution is 2.28. The second-order valence-corrected chi connectivity index (χ2v) is 10.0. The van der Waals surface area contributed by atoms with E-state index < -0.39 is 0 Å². The van der Waals surface area contributed by atoms with E-state index in [1.54, 1.807) is 0 Å². The molecule has 3 aliphatic rings. The third-order valence-corrected chi connectivity index (χ3v) is 7.24. The van der Waals surface area contributed by atoms with Crippen LogP contribution >= 0.6 is 0 Å². The van der Waals surface area contributed by atoms with Gasteiger partial charge in [-0.25, -0.2) is 15.6 Å². The lowest BCUT2D eigenvalue weighted by molar-refractivity contribution is -0.137. The van der Waals surface area contributed by atoms with Gasteiger partial charge in [-0.05, 0) is 83.5 Å². The number of rotatable bonds is 8. The molecule has 0 amide bonds. The molecule has 6 heteroatoms. The Labute approximate surface area is 211 Å². The molecule has 2 unspecified atom stereocenters. The maximum absolute atomic E-state index is 11.0. The zero-order valence-corrected chi connectivity index (χ0v) is 21.0. The van der Waals surface area contributed by atoms with Gasteiger partial charge < -0.3 is 9.47 Å². The number of carbonyl (C=O) groups excluding carboxylic acids is 1. The van der Waals surface area contributed by atoms with E-state index >= 15 is 0 Å². The molecule has 3 fully saturated rings. The first-order valence-electron chi connectivity index (χ1n) is 13.5. The van der Waals surface area contributed by atoms with Crippen molar-refractivity contribution >= 4 is 5.97 Å². The van der Waals surface area contributed by atoms with Crippen molar-refractivity contribution in [2.45, 2.75) is 102 Å². The van der Waals surface area contributed by atoms with Crippen molar-refractivity contribution in [3.8, 4) is 29.8 Å². The summed E-state index contributed by atoms with van der Waals surface area (Å²) in [6.45, 7) is 4.62. The Morgan fingerprint density at radius 1 is 0.771 bits per heavy atom. The smallest absolute Gasteiger partial charge is 0.330 e. The summed E-state index contributed by atoms with van der Waals surface area (Å²) in [7, 11) is 0. The average molecular weight is 480 g/mol. The van der Waals surface area contributed by atoms with Gasteiger partial charge in [0, 0.05) is 30.4 Å². The standard InChI is InChI=1S/C29H41N3O3/c1-2-29(33)35-21-5-3-4-20-34-28-18-12-24(13-19-28)11-15-27-17-16-26(31-32-27)14-10-23-6-8-25(22-30)9-7-23/h2,23-28,31-32H,1,3-9,12-13,16-21H2. The molecule has 2 saturated carbocycles. The number of hydrogen-bond donors (Lipinski definition) is 2. The van der Waals surface area contributed by atoms with Gasteiger partial charge in [-0.2, -0.15) is 5.26 Å². The lowest BCUT2D eigenvalue weighted by atomic mass is 9.83. The molecular formula is C29H41N3O3. The summed E-state index contributed by atoms with van der Waals surface area (Å²) in [5, 5.41) is 9.02. The number of nitrogens with one attached hydrogen (secondary N) is 2. The number of ether oxygens (including phenoxy) is 2. The lowest BCUT2D eigenvalue weighted by Gasteiger charge is -2.27. The van der Waals surface area contributed by atoms with E-state index in [0.29, 0.717) is 24.5 Å². The normalized spacial score (nSPS) is 30.5. The van der Waals surface area contributed by atoms with Gasteiger partial charge in [-0.15, -0.1) is 0 Å². The van der Waals surface area contributed by atoms with Gasteiger partial charge in [0.25, 0.3) is 0 Å². The first-order valence-corrected chi connectivity index (χ1v) is 13.5. The number of hydrogen-bond acceptors (Lipinski definition) is 6. The molecule has 0 aromatic heterocycles. The third-order valence-electron chi connectivity index (χ3n) is 7.24. The monoisotopic (exact) mass is 479 g/mol. The SMILES string of the molecule is C=CC(=O)OCCCCCOC1CCC(C#CC2CCC(C#CC3CCC(C#N)CC3)NN2)CC1. The molecule has 0 radical (unpaired) electrons. The fourth-order valence-electron chi connectivity index (χ4n) is 4.94. The summed E-state index contributed by atoms with van der Waals surface area (Å²) in [6.07, 6.45) is 15.0. The maximum atomic E-state index is 11.0. The number of hydrazine groups is 1. The fraction of sp³-hybridized carbons (Fsp3) is 0.724. The molecule has 190 valence electrons. The maximum Gasteiger partial charge on any atom is 0.330 e. The molecule has 3 rings (SSSR count). The topological polar surface area (TPSA) is 83.4 Å². The summed E-state index contributed by atoms with van der Waals surface area (Å²) < 4.78 is 11.0. The van der Waals surface area contributed by atoms with E-state index in [4.69, 9.17) is 14.7 Å². The largest absolute Gasteiger partial charge is 0.463 e. The van der Waals surface area contributed by atoms with Crippen molar-refractivity contribution in [3.63, 3.8) is 0 Å². The first kappa shape index (κ1) is 27.3. The van der Waals surface area contributed by atoms with E-state index in [9.17, 15) is 4.79 Å². The number of esters is 1. The Morgan fingerprint density at radius 3 is 1.86 bits per heavy atom. The molecule has 1 aliphatic heterocycles. The first-order chi connectivity index (χ1) is 17.2. The Hall–Kier alpha value is -2.30. The minimum atomic E-state index is -0.350. The second kappa shape index (κ2) is 15.6. The van der Waals surface area contributed by atoms with Crippen molar-refractivity contribution < 1.29 is 14.3 Å². The van der Waals surface area contributed by atoms with E-state index in [1.165, 1.54) is 6.08 Å². The molecule has 2 aliphatic carbocycles. The number of nitriles is 1. The summed E-state index contributed by atoms with van der Waals surface area (Å²) in [5.74, 6) is 14.6. The van der Waals surface area contributed by atoms with Crippen LogP contribution in [0.15, 0.2) is 12.7 Å². The van der Waals surface area contributed by atoms with Gasteiger partial charge in [0.15, 0.2) is 0 Å².